The van der Waals surface area contributed by atoms with E-state index in [1.807, 2.05) is 31.2 Å². The molecule has 2 heterocycles. The summed E-state index contributed by atoms with van der Waals surface area (Å²) < 4.78 is 2.12. The van der Waals surface area contributed by atoms with E-state index in [0.717, 1.165) is 22.4 Å². The van der Waals surface area contributed by atoms with Gasteiger partial charge in [0.25, 0.3) is 0 Å². The predicted octanol–water partition coefficient (Wildman–Crippen LogP) is 4.11. The van der Waals surface area contributed by atoms with E-state index in [-0.39, 0.29) is 18.0 Å². The molecular formula is C20H28ClN7. The average molecular weight is 402 g/mol. The third-order valence-corrected chi connectivity index (χ3v) is 4.60. The summed E-state index contributed by atoms with van der Waals surface area (Å²) in [6.45, 7) is 10.9. The van der Waals surface area contributed by atoms with Crippen molar-refractivity contribution in [3.05, 3.63) is 40.6 Å². The Kier molecular flexibility index (Phi) is 6.05. The number of nitrogens with zero attached hydrogens (tertiary/aromatic N) is 4. The summed E-state index contributed by atoms with van der Waals surface area (Å²) in [5.41, 5.74) is 10.2. The highest BCUT2D eigenvalue weighted by atomic mass is 35.5. The fourth-order valence-electron chi connectivity index (χ4n) is 3.08. The molecule has 0 radical (unpaired) electrons. The third-order valence-electron chi connectivity index (χ3n) is 4.36. The van der Waals surface area contributed by atoms with Gasteiger partial charge in [0.15, 0.2) is 11.3 Å². The zero-order valence-electron chi connectivity index (χ0n) is 17.0. The molecule has 1 atom stereocenters. The molecule has 4 N–H and O–H groups in total. The lowest BCUT2D eigenvalue weighted by Gasteiger charge is -2.17. The molecule has 0 amide bonds. The molecule has 0 aliphatic rings. The number of aromatic amines is 1. The van der Waals surface area contributed by atoms with E-state index < -0.39 is 0 Å². The normalized spacial score (nSPS) is 13.7. The molecule has 1 aromatic carbocycles. The van der Waals surface area contributed by atoms with Crippen LogP contribution < -0.4 is 16.7 Å². The van der Waals surface area contributed by atoms with E-state index in [2.05, 4.69) is 47.8 Å². The topological polar surface area (TPSA) is 96.9 Å². The van der Waals surface area contributed by atoms with Gasteiger partial charge in [-0.1, -0.05) is 31.5 Å². The van der Waals surface area contributed by atoms with Crippen molar-refractivity contribution in [3.63, 3.8) is 0 Å². The van der Waals surface area contributed by atoms with Crippen LogP contribution in [-0.4, -0.2) is 32.3 Å². The number of H-pyrrole nitrogens is 1. The first-order valence-corrected chi connectivity index (χ1v) is 9.94. The van der Waals surface area contributed by atoms with Gasteiger partial charge in [-0.3, -0.25) is 5.10 Å². The first kappa shape index (κ1) is 20.4. The smallest absolute Gasteiger partial charge is 0.227 e. The Morgan fingerprint density at radius 1 is 1.25 bits per heavy atom. The lowest BCUT2D eigenvalue weighted by molar-refractivity contribution is 0.564. The summed E-state index contributed by atoms with van der Waals surface area (Å²) in [6, 6.07) is 7.64. The predicted molar refractivity (Wildman–Crippen MR) is 115 cm³/mol. The molecule has 1 unspecified atom stereocenters. The van der Waals surface area contributed by atoms with E-state index in [1.54, 1.807) is 0 Å². The molecule has 0 aliphatic carbocycles. The van der Waals surface area contributed by atoms with E-state index in [9.17, 15) is 0 Å². The van der Waals surface area contributed by atoms with Gasteiger partial charge in [0, 0.05) is 22.8 Å². The van der Waals surface area contributed by atoms with E-state index in [4.69, 9.17) is 27.3 Å². The Morgan fingerprint density at radius 3 is 2.61 bits per heavy atom. The Balaban J connectivity index is 2.29. The number of benzene rings is 1. The number of hydrogen-bond donors (Lipinski definition) is 3. The van der Waals surface area contributed by atoms with Crippen molar-refractivity contribution in [2.24, 2.45) is 10.7 Å². The maximum absolute atomic E-state index is 6.14. The molecule has 28 heavy (non-hydrogen) atoms. The highest BCUT2D eigenvalue weighted by molar-refractivity contribution is 6.30. The lowest BCUT2D eigenvalue weighted by Crippen LogP contribution is -2.30. The highest BCUT2D eigenvalue weighted by Gasteiger charge is 2.20. The maximum Gasteiger partial charge on any atom is 0.227 e. The van der Waals surface area contributed by atoms with E-state index in [0.29, 0.717) is 23.0 Å². The molecule has 2 aromatic heterocycles. The molecule has 3 aromatic rings. The van der Waals surface area contributed by atoms with Crippen LogP contribution in [0.3, 0.4) is 0 Å². The van der Waals surface area contributed by atoms with Crippen LogP contribution in [0.25, 0.3) is 11.0 Å². The minimum atomic E-state index is -0.0450. The molecule has 3 rings (SSSR count). The Labute approximate surface area is 170 Å². The van der Waals surface area contributed by atoms with Gasteiger partial charge in [-0.05, 0) is 44.9 Å². The second-order valence-electron chi connectivity index (χ2n) is 7.67. The van der Waals surface area contributed by atoms with Crippen LogP contribution in [0.5, 0.6) is 0 Å². The van der Waals surface area contributed by atoms with Crippen molar-refractivity contribution in [2.45, 2.75) is 52.6 Å². The Morgan fingerprint density at radius 2 is 2.00 bits per heavy atom. The van der Waals surface area contributed by atoms with Crippen molar-refractivity contribution < 1.29 is 0 Å². The van der Waals surface area contributed by atoms with Gasteiger partial charge in [0.2, 0.25) is 5.62 Å². The standard InChI is InChI=1S/C20H28ClN7/c1-11(2)16-18-17(27-26-16)19(24-15-8-6-7-14(21)9-15)25-20(23-10-13(5)22)28(18)12(3)4/h6-9,11-13H,10,22H2,1-5H3,(H,26,27)(H,23,24,25). The second-order valence-corrected chi connectivity index (χ2v) is 8.10. The van der Waals surface area contributed by atoms with Gasteiger partial charge >= 0.3 is 0 Å². The summed E-state index contributed by atoms with van der Waals surface area (Å²) in [7, 11) is 0. The van der Waals surface area contributed by atoms with Gasteiger partial charge in [0.1, 0.15) is 0 Å². The highest BCUT2D eigenvalue weighted by Crippen LogP contribution is 2.29. The summed E-state index contributed by atoms with van der Waals surface area (Å²) in [4.78, 5) is 9.49. The van der Waals surface area contributed by atoms with Crippen molar-refractivity contribution in [2.75, 3.05) is 11.9 Å². The zero-order chi connectivity index (χ0) is 20.4. The van der Waals surface area contributed by atoms with Crippen LogP contribution in [0.4, 0.5) is 11.5 Å². The van der Waals surface area contributed by atoms with Gasteiger partial charge in [-0.15, -0.1) is 0 Å². The summed E-state index contributed by atoms with van der Waals surface area (Å²) in [5.74, 6) is 0.915. The summed E-state index contributed by atoms with van der Waals surface area (Å²) >= 11 is 6.14. The molecule has 8 heteroatoms. The van der Waals surface area contributed by atoms with Gasteiger partial charge in [0.05, 0.1) is 17.8 Å². The van der Waals surface area contributed by atoms with Gasteiger partial charge in [-0.25, -0.2) is 4.99 Å². The average Bonchev–Trinajstić information content (AvgIpc) is 3.04. The number of nitrogens with two attached hydrogens (primary N) is 1. The van der Waals surface area contributed by atoms with Crippen molar-refractivity contribution in [3.8, 4) is 0 Å². The third kappa shape index (κ3) is 4.20. The Hall–Kier alpha value is -2.38. The lowest BCUT2D eigenvalue weighted by atomic mass is 10.1. The molecule has 0 spiro atoms. The summed E-state index contributed by atoms with van der Waals surface area (Å²) in [6.07, 6.45) is 0. The second kappa shape index (κ2) is 8.32. The van der Waals surface area contributed by atoms with Crippen LogP contribution in [0.1, 0.15) is 52.3 Å². The van der Waals surface area contributed by atoms with Crippen LogP contribution in [0.15, 0.2) is 29.3 Å². The number of aromatic nitrogens is 4. The molecule has 7 nitrogen and oxygen atoms in total. The van der Waals surface area contributed by atoms with E-state index >= 15 is 0 Å². The molecule has 0 saturated heterocycles. The minimum absolute atomic E-state index is 0.0450. The van der Waals surface area contributed by atoms with Crippen LogP contribution in [0.2, 0.25) is 5.02 Å². The van der Waals surface area contributed by atoms with Crippen LogP contribution in [0, 0.1) is 0 Å². The molecule has 0 saturated carbocycles. The monoisotopic (exact) mass is 401 g/mol. The quantitative estimate of drug-likeness (QED) is 0.579. The van der Waals surface area contributed by atoms with Crippen LogP contribution in [-0.2, 0) is 0 Å². The van der Waals surface area contributed by atoms with Gasteiger partial charge < -0.3 is 15.6 Å². The fourth-order valence-corrected chi connectivity index (χ4v) is 3.27. The first-order valence-electron chi connectivity index (χ1n) is 9.57. The molecule has 0 fully saturated rings. The van der Waals surface area contributed by atoms with Crippen molar-refractivity contribution in [1.82, 2.24) is 19.7 Å². The molecule has 0 aliphatic heterocycles. The van der Waals surface area contributed by atoms with Crippen molar-refractivity contribution in [1.29, 1.82) is 0 Å². The number of nitrogens with one attached hydrogen (secondary N) is 2. The number of anilines is 2. The molecule has 150 valence electrons. The van der Waals surface area contributed by atoms with E-state index in [1.165, 1.54) is 0 Å². The molecule has 0 bridgehead atoms. The minimum Gasteiger partial charge on any atom is -0.338 e. The van der Waals surface area contributed by atoms with Crippen molar-refractivity contribution >= 4 is 34.1 Å². The summed E-state index contributed by atoms with van der Waals surface area (Å²) in [5, 5.41) is 11.8. The largest absolute Gasteiger partial charge is 0.338 e. The number of hydrogen-bond acceptors (Lipinski definition) is 5. The maximum atomic E-state index is 6.14. The SMILES string of the molecule is CC(N)CN=c1nc(Nc2cccc(Cl)c2)c2n[nH]c(C(C)C)c2n1C(C)C. The molecular weight excluding hydrogens is 374 g/mol. The fraction of sp³-hybridized carbons (Fsp3) is 0.450. The zero-order valence-corrected chi connectivity index (χ0v) is 17.7. The van der Waals surface area contributed by atoms with Crippen LogP contribution >= 0.6 is 11.6 Å². The van der Waals surface area contributed by atoms with Gasteiger partial charge in [-0.2, -0.15) is 10.1 Å². The number of halogens is 1. The Bertz CT molecular complexity index is 1030. The number of rotatable bonds is 6. The number of fused-ring (bicyclic) bond motifs is 1. The first-order chi connectivity index (χ1) is 13.3.